The van der Waals surface area contributed by atoms with Gasteiger partial charge in [0.1, 0.15) is 10.9 Å². The highest BCUT2D eigenvalue weighted by atomic mass is 32.1. The molecule has 2 aromatic heterocycles. The van der Waals surface area contributed by atoms with Crippen molar-refractivity contribution in [3.05, 3.63) is 106 Å². The normalized spacial score (nSPS) is 12.0. The molecule has 5 rings (SSSR count). The fourth-order valence-corrected chi connectivity index (χ4v) is 5.54. The summed E-state index contributed by atoms with van der Waals surface area (Å²) in [5.74, 6) is -0.227. The molecule has 1 N–H and O–H groups in total. The summed E-state index contributed by atoms with van der Waals surface area (Å²) in [4.78, 5) is 32.1. The lowest BCUT2D eigenvalue weighted by Crippen LogP contribution is -2.33. The summed E-state index contributed by atoms with van der Waals surface area (Å²) < 4.78 is 1.47. The maximum Gasteiger partial charge on any atom is 0.263 e. The Morgan fingerprint density at radius 3 is 2.25 bits per heavy atom. The summed E-state index contributed by atoms with van der Waals surface area (Å²) in [5, 5.41) is 5.50. The highest BCUT2D eigenvalue weighted by Crippen LogP contribution is 2.32. The molecule has 0 saturated heterocycles. The molecule has 0 spiro atoms. The second kappa shape index (κ2) is 9.91. The molecule has 36 heavy (non-hydrogen) atoms. The second-order valence-corrected chi connectivity index (χ2v) is 9.88. The number of anilines is 1. The van der Waals surface area contributed by atoms with Crippen LogP contribution in [0.15, 0.2) is 89.3 Å². The molecule has 6 heteroatoms. The van der Waals surface area contributed by atoms with Crippen LogP contribution in [0.2, 0.25) is 0 Å². The molecule has 3 aromatic carbocycles. The number of nitrogens with zero attached hydrogens (tertiary/aromatic N) is 2. The lowest BCUT2D eigenvalue weighted by molar-refractivity contribution is -0.119. The Hall–Kier alpha value is -4.03. The number of aryl methyl sites for hydroxylation is 2. The van der Waals surface area contributed by atoms with E-state index in [0.29, 0.717) is 16.6 Å². The Bertz CT molecular complexity index is 1580. The molecule has 5 nitrogen and oxygen atoms in total. The third-order valence-electron chi connectivity index (χ3n) is 6.34. The number of nitrogens with one attached hydrogen (secondary N) is 1. The van der Waals surface area contributed by atoms with Crippen LogP contribution >= 0.6 is 11.3 Å². The molecule has 1 unspecified atom stereocenters. The van der Waals surface area contributed by atoms with E-state index < -0.39 is 6.04 Å². The van der Waals surface area contributed by atoms with E-state index in [2.05, 4.69) is 40.6 Å². The molecule has 0 saturated carbocycles. The van der Waals surface area contributed by atoms with Crippen LogP contribution in [0.25, 0.3) is 32.5 Å². The van der Waals surface area contributed by atoms with Crippen LogP contribution in [-0.4, -0.2) is 15.5 Å². The standard InChI is InChI=1S/C30H27N3O2S/c1-4-26(28(34)32-24-15-19(2)14-20(3)16-24)33-18-31-29-27(30(33)35)25(17-36-29)23-12-10-22(11-13-23)21-8-6-5-7-9-21/h5-18,26H,4H2,1-3H3,(H,32,34). The molecule has 0 aliphatic carbocycles. The van der Waals surface area contributed by atoms with Crippen molar-refractivity contribution in [1.82, 2.24) is 9.55 Å². The molecule has 0 bridgehead atoms. The minimum atomic E-state index is -0.663. The number of fused-ring (bicyclic) bond motifs is 1. The van der Waals surface area contributed by atoms with E-state index in [9.17, 15) is 9.59 Å². The molecule has 0 radical (unpaired) electrons. The number of amides is 1. The van der Waals surface area contributed by atoms with E-state index in [-0.39, 0.29) is 11.5 Å². The van der Waals surface area contributed by atoms with Crippen LogP contribution in [0.5, 0.6) is 0 Å². The van der Waals surface area contributed by atoms with Crippen LogP contribution < -0.4 is 10.9 Å². The highest BCUT2D eigenvalue weighted by molar-refractivity contribution is 7.17. The summed E-state index contributed by atoms with van der Waals surface area (Å²) in [6.45, 7) is 5.89. The Balaban J connectivity index is 1.50. The van der Waals surface area contributed by atoms with Crippen LogP contribution in [0, 0.1) is 13.8 Å². The Labute approximate surface area is 214 Å². The predicted octanol–water partition coefficient (Wildman–Crippen LogP) is 7.00. The minimum Gasteiger partial charge on any atom is -0.324 e. The van der Waals surface area contributed by atoms with E-state index in [1.807, 2.05) is 68.6 Å². The number of carbonyl (C=O) groups is 1. The van der Waals surface area contributed by atoms with Crippen LogP contribution in [-0.2, 0) is 4.79 Å². The average Bonchev–Trinajstić information content (AvgIpc) is 3.31. The molecule has 5 aromatic rings. The predicted molar refractivity (Wildman–Crippen MR) is 149 cm³/mol. The van der Waals surface area contributed by atoms with Gasteiger partial charge in [-0.3, -0.25) is 14.2 Å². The van der Waals surface area contributed by atoms with Gasteiger partial charge in [-0.25, -0.2) is 4.98 Å². The van der Waals surface area contributed by atoms with Crippen molar-refractivity contribution in [1.29, 1.82) is 0 Å². The molecule has 0 fully saturated rings. The van der Waals surface area contributed by atoms with Gasteiger partial charge in [0, 0.05) is 16.6 Å². The van der Waals surface area contributed by atoms with Crippen LogP contribution in [0.4, 0.5) is 5.69 Å². The lowest BCUT2D eigenvalue weighted by Gasteiger charge is -2.18. The zero-order valence-electron chi connectivity index (χ0n) is 20.5. The van der Waals surface area contributed by atoms with Crippen molar-refractivity contribution in [3.63, 3.8) is 0 Å². The first-order valence-electron chi connectivity index (χ1n) is 12.0. The quantitative estimate of drug-likeness (QED) is 0.277. The minimum absolute atomic E-state index is 0.203. The summed E-state index contributed by atoms with van der Waals surface area (Å²) in [7, 11) is 0. The zero-order valence-corrected chi connectivity index (χ0v) is 21.3. The Morgan fingerprint density at radius 2 is 1.58 bits per heavy atom. The van der Waals surface area contributed by atoms with Gasteiger partial charge in [0.15, 0.2) is 0 Å². The Morgan fingerprint density at radius 1 is 0.944 bits per heavy atom. The highest BCUT2D eigenvalue weighted by Gasteiger charge is 2.23. The molecule has 1 atom stereocenters. The van der Waals surface area contributed by atoms with Crippen molar-refractivity contribution in [2.75, 3.05) is 5.32 Å². The molecule has 2 heterocycles. The molecule has 0 aliphatic heterocycles. The van der Waals surface area contributed by atoms with Gasteiger partial charge in [0.05, 0.1) is 11.7 Å². The van der Waals surface area contributed by atoms with E-state index in [1.165, 1.54) is 22.2 Å². The average molecular weight is 494 g/mol. The SMILES string of the molecule is CCC(C(=O)Nc1cc(C)cc(C)c1)n1cnc2scc(-c3ccc(-c4ccccc4)cc3)c2c1=O. The maximum absolute atomic E-state index is 13.7. The van der Waals surface area contributed by atoms with Gasteiger partial charge < -0.3 is 5.32 Å². The summed E-state index contributed by atoms with van der Waals surface area (Å²) in [5.41, 5.74) is 6.71. The maximum atomic E-state index is 13.7. The molecule has 0 aliphatic rings. The summed E-state index contributed by atoms with van der Waals surface area (Å²) in [6.07, 6.45) is 1.97. The first-order chi connectivity index (χ1) is 17.4. The monoisotopic (exact) mass is 493 g/mol. The first-order valence-corrected chi connectivity index (χ1v) is 12.9. The fourth-order valence-electron chi connectivity index (χ4n) is 4.63. The van der Waals surface area contributed by atoms with Gasteiger partial charge in [-0.15, -0.1) is 11.3 Å². The van der Waals surface area contributed by atoms with Gasteiger partial charge >= 0.3 is 0 Å². The second-order valence-electron chi connectivity index (χ2n) is 9.02. The van der Waals surface area contributed by atoms with Gasteiger partial charge in [0.2, 0.25) is 5.91 Å². The number of hydrogen-bond acceptors (Lipinski definition) is 4. The summed E-state index contributed by atoms with van der Waals surface area (Å²) in [6, 6.07) is 23.6. The van der Waals surface area contributed by atoms with Gasteiger partial charge in [-0.05, 0) is 60.2 Å². The smallest absolute Gasteiger partial charge is 0.263 e. The number of aromatic nitrogens is 2. The topological polar surface area (TPSA) is 64.0 Å². The summed E-state index contributed by atoms with van der Waals surface area (Å²) >= 11 is 1.44. The molecular formula is C30H27N3O2S. The first kappa shape index (κ1) is 23.7. The van der Waals surface area contributed by atoms with Gasteiger partial charge in [0.25, 0.3) is 5.56 Å². The van der Waals surface area contributed by atoms with E-state index in [4.69, 9.17) is 0 Å². The fraction of sp³-hybridized carbons (Fsp3) is 0.167. The van der Waals surface area contributed by atoms with Crippen molar-refractivity contribution in [2.45, 2.75) is 33.2 Å². The third-order valence-corrected chi connectivity index (χ3v) is 7.22. The van der Waals surface area contributed by atoms with Crippen LogP contribution in [0.3, 0.4) is 0 Å². The van der Waals surface area contributed by atoms with E-state index in [0.717, 1.165) is 39.1 Å². The number of thiophene rings is 1. The lowest BCUT2D eigenvalue weighted by atomic mass is 10.0. The van der Waals surface area contributed by atoms with Crippen molar-refractivity contribution in [3.8, 4) is 22.3 Å². The molecule has 180 valence electrons. The van der Waals surface area contributed by atoms with Crippen molar-refractivity contribution < 1.29 is 4.79 Å². The number of benzene rings is 3. The van der Waals surface area contributed by atoms with Crippen molar-refractivity contribution >= 4 is 33.1 Å². The Kier molecular flexibility index (Phi) is 6.53. The number of carbonyl (C=O) groups excluding carboxylic acids is 1. The van der Waals surface area contributed by atoms with E-state index in [1.54, 1.807) is 0 Å². The van der Waals surface area contributed by atoms with E-state index >= 15 is 0 Å². The number of hydrogen-bond donors (Lipinski definition) is 1. The largest absolute Gasteiger partial charge is 0.324 e. The van der Waals surface area contributed by atoms with Gasteiger partial charge in [-0.1, -0.05) is 67.6 Å². The van der Waals surface area contributed by atoms with Gasteiger partial charge in [-0.2, -0.15) is 0 Å². The molecule has 1 amide bonds. The van der Waals surface area contributed by atoms with Crippen molar-refractivity contribution in [2.24, 2.45) is 0 Å². The zero-order chi connectivity index (χ0) is 25.2. The molecular weight excluding hydrogens is 466 g/mol. The third kappa shape index (κ3) is 4.60. The number of rotatable bonds is 6. The van der Waals surface area contributed by atoms with Crippen LogP contribution in [0.1, 0.15) is 30.5 Å².